The van der Waals surface area contributed by atoms with Crippen molar-refractivity contribution in [1.29, 1.82) is 0 Å². The minimum atomic E-state index is 0.165. The molecule has 2 aromatic heterocycles. The van der Waals surface area contributed by atoms with E-state index in [0.29, 0.717) is 0 Å². The molecule has 0 spiro atoms. The second-order valence-corrected chi connectivity index (χ2v) is 6.32. The number of hydrogen-bond acceptors (Lipinski definition) is 4. The van der Waals surface area contributed by atoms with E-state index in [1.807, 2.05) is 0 Å². The SMILES string of the molecule is CC(N)Cc1c(N(C)CC2CC2)nc2sccn12. The Morgan fingerprint density at radius 2 is 2.39 bits per heavy atom. The minimum Gasteiger partial charge on any atom is -0.358 e. The van der Waals surface area contributed by atoms with Crippen molar-refractivity contribution in [2.24, 2.45) is 11.7 Å². The van der Waals surface area contributed by atoms with E-state index in [0.717, 1.165) is 29.7 Å². The first-order valence-electron chi connectivity index (χ1n) is 6.56. The smallest absolute Gasteiger partial charge is 0.195 e. The van der Waals surface area contributed by atoms with E-state index in [-0.39, 0.29) is 6.04 Å². The molecule has 1 fully saturated rings. The van der Waals surface area contributed by atoms with Crippen molar-refractivity contribution in [3.05, 3.63) is 17.3 Å². The fraction of sp³-hybridized carbons (Fsp3) is 0.615. The molecule has 18 heavy (non-hydrogen) atoms. The molecule has 1 aliphatic rings. The number of imidazole rings is 1. The van der Waals surface area contributed by atoms with E-state index in [2.05, 4.69) is 34.8 Å². The maximum absolute atomic E-state index is 5.97. The summed E-state index contributed by atoms with van der Waals surface area (Å²) in [4.78, 5) is 8.13. The van der Waals surface area contributed by atoms with Crippen molar-refractivity contribution in [1.82, 2.24) is 9.38 Å². The Labute approximate surface area is 111 Å². The van der Waals surface area contributed by atoms with Gasteiger partial charge in [0.1, 0.15) is 0 Å². The molecule has 4 nitrogen and oxygen atoms in total. The van der Waals surface area contributed by atoms with E-state index in [1.54, 1.807) is 11.3 Å². The number of anilines is 1. The average Bonchev–Trinajstić information content (AvgIpc) is 2.89. The largest absolute Gasteiger partial charge is 0.358 e. The third-order valence-electron chi connectivity index (χ3n) is 3.45. The van der Waals surface area contributed by atoms with Crippen LogP contribution in [0, 0.1) is 5.92 Å². The average molecular weight is 264 g/mol. The van der Waals surface area contributed by atoms with Gasteiger partial charge in [-0.2, -0.15) is 0 Å². The van der Waals surface area contributed by atoms with E-state index < -0.39 is 0 Å². The zero-order chi connectivity index (χ0) is 12.7. The number of nitrogens with zero attached hydrogens (tertiary/aromatic N) is 3. The summed E-state index contributed by atoms with van der Waals surface area (Å²) in [5.74, 6) is 1.99. The fourth-order valence-electron chi connectivity index (χ4n) is 2.40. The summed E-state index contributed by atoms with van der Waals surface area (Å²) >= 11 is 1.69. The third kappa shape index (κ3) is 2.24. The molecule has 98 valence electrons. The molecule has 2 heterocycles. The second kappa shape index (κ2) is 4.55. The predicted octanol–water partition coefficient (Wildman–Crippen LogP) is 2.13. The van der Waals surface area contributed by atoms with Gasteiger partial charge in [-0.1, -0.05) is 0 Å². The van der Waals surface area contributed by atoms with Gasteiger partial charge in [0.05, 0.1) is 5.69 Å². The molecule has 0 aromatic carbocycles. The second-order valence-electron chi connectivity index (χ2n) is 5.44. The Kier molecular flexibility index (Phi) is 3.03. The molecule has 5 heteroatoms. The van der Waals surface area contributed by atoms with Crippen LogP contribution in [-0.2, 0) is 6.42 Å². The number of hydrogen-bond donors (Lipinski definition) is 1. The molecular weight excluding hydrogens is 244 g/mol. The van der Waals surface area contributed by atoms with E-state index >= 15 is 0 Å². The van der Waals surface area contributed by atoms with Crippen LogP contribution in [0.1, 0.15) is 25.5 Å². The van der Waals surface area contributed by atoms with Crippen LogP contribution in [0.2, 0.25) is 0 Å². The van der Waals surface area contributed by atoms with Crippen LogP contribution >= 0.6 is 11.3 Å². The van der Waals surface area contributed by atoms with Gasteiger partial charge in [0, 0.05) is 37.6 Å². The van der Waals surface area contributed by atoms with Crippen LogP contribution in [-0.4, -0.2) is 29.0 Å². The molecule has 2 N–H and O–H groups in total. The maximum Gasteiger partial charge on any atom is 0.195 e. The summed E-state index contributed by atoms with van der Waals surface area (Å²) in [6.45, 7) is 3.17. The van der Waals surface area contributed by atoms with Crippen LogP contribution < -0.4 is 10.6 Å². The molecular formula is C13H20N4S. The van der Waals surface area contributed by atoms with Gasteiger partial charge < -0.3 is 10.6 Å². The first-order valence-corrected chi connectivity index (χ1v) is 7.44. The fourth-order valence-corrected chi connectivity index (χ4v) is 3.12. The number of aromatic nitrogens is 2. The summed E-state index contributed by atoms with van der Waals surface area (Å²) in [6, 6.07) is 0.165. The van der Waals surface area contributed by atoms with Crippen molar-refractivity contribution in [3.8, 4) is 0 Å². The van der Waals surface area contributed by atoms with E-state index in [9.17, 15) is 0 Å². The van der Waals surface area contributed by atoms with Gasteiger partial charge in [-0.05, 0) is 25.7 Å². The zero-order valence-corrected chi connectivity index (χ0v) is 11.8. The summed E-state index contributed by atoms with van der Waals surface area (Å²) in [5, 5.41) is 2.08. The topological polar surface area (TPSA) is 46.6 Å². The lowest BCUT2D eigenvalue weighted by molar-refractivity contribution is 0.708. The third-order valence-corrected chi connectivity index (χ3v) is 4.20. The highest BCUT2D eigenvalue weighted by Crippen LogP contribution is 2.32. The van der Waals surface area contributed by atoms with Crippen LogP contribution in [0.25, 0.3) is 4.96 Å². The van der Waals surface area contributed by atoms with E-state index in [4.69, 9.17) is 10.7 Å². The number of fused-ring (bicyclic) bond motifs is 1. The molecule has 0 radical (unpaired) electrons. The first kappa shape index (κ1) is 12.0. The molecule has 1 unspecified atom stereocenters. The number of nitrogens with two attached hydrogens (primary N) is 1. The molecule has 2 aromatic rings. The monoisotopic (exact) mass is 264 g/mol. The van der Waals surface area contributed by atoms with Crippen LogP contribution in [0.15, 0.2) is 11.6 Å². The zero-order valence-electron chi connectivity index (χ0n) is 11.0. The van der Waals surface area contributed by atoms with Gasteiger partial charge in [0.25, 0.3) is 0 Å². The van der Waals surface area contributed by atoms with Crippen molar-refractivity contribution in [3.63, 3.8) is 0 Å². The Bertz CT molecular complexity index is 538. The number of rotatable bonds is 5. The molecule has 0 amide bonds. The van der Waals surface area contributed by atoms with Crippen molar-refractivity contribution < 1.29 is 0 Å². The molecule has 1 saturated carbocycles. The lowest BCUT2D eigenvalue weighted by Gasteiger charge is -2.18. The highest BCUT2D eigenvalue weighted by molar-refractivity contribution is 7.15. The quantitative estimate of drug-likeness (QED) is 0.900. The lowest BCUT2D eigenvalue weighted by atomic mass is 10.2. The Balaban J connectivity index is 1.94. The van der Waals surface area contributed by atoms with Crippen molar-refractivity contribution >= 4 is 22.1 Å². The van der Waals surface area contributed by atoms with Crippen LogP contribution in [0.3, 0.4) is 0 Å². The standard InChI is InChI=1S/C13H20N4S/c1-9(14)7-11-12(16(2)8-10-3-4-10)15-13-17(11)5-6-18-13/h5-6,9-10H,3-4,7-8,14H2,1-2H3. The summed E-state index contributed by atoms with van der Waals surface area (Å²) in [5.41, 5.74) is 7.22. The van der Waals surface area contributed by atoms with Gasteiger partial charge in [-0.25, -0.2) is 4.98 Å². The lowest BCUT2D eigenvalue weighted by Crippen LogP contribution is -2.24. The molecule has 0 saturated heterocycles. The summed E-state index contributed by atoms with van der Waals surface area (Å²) < 4.78 is 2.19. The van der Waals surface area contributed by atoms with Crippen LogP contribution in [0.5, 0.6) is 0 Å². The number of thiazole rings is 1. The van der Waals surface area contributed by atoms with Gasteiger partial charge >= 0.3 is 0 Å². The van der Waals surface area contributed by atoms with Gasteiger partial charge in [-0.3, -0.25) is 4.40 Å². The molecule has 0 aliphatic heterocycles. The molecule has 0 bridgehead atoms. The minimum absolute atomic E-state index is 0.165. The molecule has 1 aliphatic carbocycles. The van der Waals surface area contributed by atoms with Crippen molar-refractivity contribution in [2.75, 3.05) is 18.5 Å². The maximum atomic E-state index is 5.97. The van der Waals surface area contributed by atoms with Gasteiger partial charge in [0.2, 0.25) is 0 Å². The normalized spacial score (nSPS) is 17.3. The highest BCUT2D eigenvalue weighted by Gasteiger charge is 2.25. The predicted molar refractivity (Wildman–Crippen MR) is 76.4 cm³/mol. The Morgan fingerprint density at radius 1 is 1.61 bits per heavy atom. The van der Waals surface area contributed by atoms with Crippen LogP contribution in [0.4, 0.5) is 5.82 Å². The molecule has 1 atom stereocenters. The van der Waals surface area contributed by atoms with Crippen molar-refractivity contribution in [2.45, 2.75) is 32.2 Å². The van der Waals surface area contributed by atoms with Gasteiger partial charge in [0.15, 0.2) is 10.8 Å². The molecule has 3 rings (SSSR count). The summed E-state index contributed by atoms with van der Waals surface area (Å²) in [6.07, 6.45) is 5.71. The Hall–Kier alpha value is -1.07. The first-order chi connectivity index (χ1) is 8.65. The highest BCUT2D eigenvalue weighted by atomic mass is 32.1. The van der Waals surface area contributed by atoms with Gasteiger partial charge in [-0.15, -0.1) is 11.3 Å². The Morgan fingerprint density at radius 3 is 3.06 bits per heavy atom. The summed E-state index contributed by atoms with van der Waals surface area (Å²) in [7, 11) is 2.15. The van der Waals surface area contributed by atoms with E-state index in [1.165, 1.54) is 18.5 Å².